The van der Waals surface area contributed by atoms with Crippen molar-refractivity contribution in [3.8, 4) is 0 Å². The number of hydrogen-bond acceptors (Lipinski definition) is 3. The van der Waals surface area contributed by atoms with Gasteiger partial charge in [-0.05, 0) is 33.1 Å². The van der Waals surface area contributed by atoms with Crippen LogP contribution in [-0.2, 0) is 9.53 Å². The molecule has 1 unspecified atom stereocenters. The predicted octanol–water partition coefficient (Wildman–Crippen LogP) is 3.52. The van der Waals surface area contributed by atoms with E-state index in [1.807, 2.05) is 0 Å². The Bertz CT molecular complexity index is 371. The molecule has 0 aliphatic carbocycles. The zero-order chi connectivity index (χ0) is 17.1. The molecule has 0 radical (unpaired) electrons. The molecule has 0 saturated heterocycles. The fraction of sp³-hybridized carbons (Fsp3) is 0.750. The van der Waals surface area contributed by atoms with E-state index in [-0.39, 0.29) is 12.0 Å². The Morgan fingerprint density at radius 2 is 1.62 bits per heavy atom. The smallest absolute Gasteiger partial charge is 0.426 e. The number of aliphatic hydroxyl groups is 1. The number of carbonyl (C=O) groups excluding carboxylic acids is 1. The topological polar surface area (TPSA) is 46.5 Å². The van der Waals surface area contributed by atoms with Gasteiger partial charge >= 0.3 is 18.3 Å². The highest BCUT2D eigenvalue weighted by Gasteiger charge is 2.69. The fourth-order valence-corrected chi connectivity index (χ4v) is 1.43. The standard InChI is InChI=1S/C12H16F6O3/c1-7(2)9(19)21-8(3)5-4-6-10(20,11(13,14)15)12(16,17)18/h8,20H,1,4-6H2,2-3H3. The van der Waals surface area contributed by atoms with E-state index in [1.54, 1.807) is 0 Å². The van der Waals surface area contributed by atoms with Gasteiger partial charge in [0.05, 0.1) is 6.10 Å². The molecule has 1 N–H and O–H groups in total. The third-order valence-corrected chi connectivity index (χ3v) is 2.74. The van der Waals surface area contributed by atoms with Crippen LogP contribution in [0.1, 0.15) is 33.1 Å². The molecule has 0 fully saturated rings. The number of esters is 1. The van der Waals surface area contributed by atoms with Gasteiger partial charge in [0.2, 0.25) is 0 Å². The second-order valence-corrected chi connectivity index (χ2v) is 4.74. The lowest BCUT2D eigenvalue weighted by molar-refractivity contribution is -0.370. The van der Waals surface area contributed by atoms with Crippen molar-refractivity contribution >= 4 is 5.97 Å². The summed E-state index contributed by atoms with van der Waals surface area (Å²) in [7, 11) is 0. The average Bonchev–Trinajstić information content (AvgIpc) is 2.25. The first-order chi connectivity index (χ1) is 9.22. The quantitative estimate of drug-likeness (QED) is 0.462. The first kappa shape index (κ1) is 19.8. The van der Waals surface area contributed by atoms with Gasteiger partial charge in [-0.3, -0.25) is 0 Å². The van der Waals surface area contributed by atoms with E-state index in [4.69, 9.17) is 9.84 Å². The van der Waals surface area contributed by atoms with Crippen LogP contribution in [-0.4, -0.2) is 35.1 Å². The van der Waals surface area contributed by atoms with Crippen LogP contribution >= 0.6 is 0 Å². The second kappa shape index (κ2) is 6.67. The normalized spacial score (nSPS) is 14.7. The van der Waals surface area contributed by atoms with Gasteiger partial charge in [-0.2, -0.15) is 26.3 Å². The van der Waals surface area contributed by atoms with Crippen molar-refractivity contribution in [2.24, 2.45) is 0 Å². The van der Waals surface area contributed by atoms with Gasteiger partial charge in [0.1, 0.15) is 0 Å². The molecule has 1 atom stereocenters. The molecule has 0 spiro atoms. The zero-order valence-corrected chi connectivity index (χ0v) is 11.4. The second-order valence-electron chi connectivity index (χ2n) is 4.74. The molecular weight excluding hydrogens is 306 g/mol. The van der Waals surface area contributed by atoms with E-state index < -0.39 is 42.9 Å². The van der Waals surface area contributed by atoms with E-state index in [0.29, 0.717) is 0 Å². The zero-order valence-electron chi connectivity index (χ0n) is 11.4. The van der Waals surface area contributed by atoms with Crippen molar-refractivity contribution in [2.45, 2.75) is 57.2 Å². The summed E-state index contributed by atoms with van der Waals surface area (Å²) < 4.78 is 79.0. The van der Waals surface area contributed by atoms with Crippen LogP contribution in [0.5, 0.6) is 0 Å². The fourth-order valence-electron chi connectivity index (χ4n) is 1.43. The van der Waals surface area contributed by atoms with E-state index in [0.717, 1.165) is 0 Å². The largest absolute Gasteiger partial charge is 0.459 e. The molecule has 0 rings (SSSR count). The van der Waals surface area contributed by atoms with Crippen molar-refractivity contribution in [1.29, 1.82) is 0 Å². The van der Waals surface area contributed by atoms with Gasteiger partial charge < -0.3 is 9.84 Å². The minimum atomic E-state index is -5.83. The van der Waals surface area contributed by atoms with Crippen LogP contribution in [0.25, 0.3) is 0 Å². The summed E-state index contributed by atoms with van der Waals surface area (Å²) >= 11 is 0. The molecule has 3 nitrogen and oxygen atoms in total. The van der Waals surface area contributed by atoms with Crippen LogP contribution in [0, 0.1) is 0 Å². The molecule has 0 aliphatic heterocycles. The molecule has 9 heteroatoms. The van der Waals surface area contributed by atoms with Gasteiger partial charge in [-0.1, -0.05) is 6.58 Å². The molecule has 0 aliphatic rings. The summed E-state index contributed by atoms with van der Waals surface area (Å²) in [5.41, 5.74) is -4.71. The SMILES string of the molecule is C=C(C)C(=O)OC(C)CCCC(O)(C(F)(F)F)C(F)(F)F. The maximum Gasteiger partial charge on any atom is 0.426 e. The predicted molar refractivity (Wildman–Crippen MR) is 61.3 cm³/mol. The Balaban J connectivity index is 4.61. The van der Waals surface area contributed by atoms with Crippen LogP contribution in [0.2, 0.25) is 0 Å². The Hall–Kier alpha value is -1.25. The summed E-state index contributed by atoms with van der Waals surface area (Å²) in [6.07, 6.45) is -15.0. The van der Waals surface area contributed by atoms with Crippen molar-refractivity contribution in [3.05, 3.63) is 12.2 Å². The van der Waals surface area contributed by atoms with Crippen LogP contribution in [0.15, 0.2) is 12.2 Å². The minimum Gasteiger partial charge on any atom is -0.459 e. The maximum atomic E-state index is 12.4. The van der Waals surface area contributed by atoms with Gasteiger partial charge in [-0.25, -0.2) is 4.79 Å². The number of halogens is 6. The average molecular weight is 322 g/mol. The number of carbonyl (C=O) groups is 1. The molecule has 21 heavy (non-hydrogen) atoms. The highest BCUT2D eigenvalue weighted by molar-refractivity contribution is 5.87. The van der Waals surface area contributed by atoms with Gasteiger partial charge in [0.25, 0.3) is 5.60 Å². The Kier molecular flexibility index (Phi) is 6.28. The van der Waals surface area contributed by atoms with Gasteiger partial charge in [0.15, 0.2) is 0 Å². The lowest BCUT2D eigenvalue weighted by Gasteiger charge is -2.32. The van der Waals surface area contributed by atoms with Crippen molar-refractivity contribution in [3.63, 3.8) is 0 Å². The van der Waals surface area contributed by atoms with Crippen LogP contribution in [0.4, 0.5) is 26.3 Å². The monoisotopic (exact) mass is 322 g/mol. The highest BCUT2D eigenvalue weighted by Crippen LogP contribution is 2.46. The lowest BCUT2D eigenvalue weighted by Crippen LogP contribution is -2.56. The number of hydrogen-bond donors (Lipinski definition) is 1. The van der Waals surface area contributed by atoms with Gasteiger partial charge in [0, 0.05) is 5.57 Å². The number of rotatable bonds is 6. The molecule has 0 aromatic rings. The maximum absolute atomic E-state index is 12.4. The third-order valence-electron chi connectivity index (χ3n) is 2.74. The number of ether oxygens (including phenoxy) is 1. The number of alkyl halides is 6. The molecule has 0 amide bonds. The molecule has 0 aromatic heterocycles. The summed E-state index contributed by atoms with van der Waals surface area (Å²) in [5.74, 6) is -0.788. The first-order valence-electron chi connectivity index (χ1n) is 5.94. The Morgan fingerprint density at radius 3 is 1.95 bits per heavy atom. The van der Waals surface area contributed by atoms with E-state index >= 15 is 0 Å². The molecular formula is C12H16F6O3. The van der Waals surface area contributed by atoms with Crippen molar-refractivity contribution in [1.82, 2.24) is 0 Å². The first-order valence-corrected chi connectivity index (χ1v) is 5.94. The Morgan fingerprint density at radius 1 is 1.19 bits per heavy atom. The van der Waals surface area contributed by atoms with E-state index in [2.05, 4.69) is 6.58 Å². The van der Waals surface area contributed by atoms with E-state index in [9.17, 15) is 31.1 Å². The van der Waals surface area contributed by atoms with Crippen LogP contribution < -0.4 is 0 Å². The molecule has 0 heterocycles. The van der Waals surface area contributed by atoms with Crippen molar-refractivity contribution < 1.29 is 41.0 Å². The molecule has 0 aromatic carbocycles. The lowest BCUT2D eigenvalue weighted by atomic mass is 9.94. The Labute approximate surface area is 117 Å². The third kappa shape index (κ3) is 5.22. The highest BCUT2D eigenvalue weighted by atomic mass is 19.4. The van der Waals surface area contributed by atoms with Crippen LogP contribution in [0.3, 0.4) is 0 Å². The van der Waals surface area contributed by atoms with Gasteiger partial charge in [-0.15, -0.1) is 0 Å². The molecule has 0 bridgehead atoms. The summed E-state index contributed by atoms with van der Waals surface area (Å²) in [5, 5.41) is 8.90. The minimum absolute atomic E-state index is 0.0592. The summed E-state index contributed by atoms with van der Waals surface area (Å²) in [6.45, 7) is 5.95. The summed E-state index contributed by atoms with van der Waals surface area (Å²) in [4.78, 5) is 11.1. The molecule has 0 saturated carbocycles. The molecule has 124 valence electrons. The summed E-state index contributed by atoms with van der Waals surface area (Å²) in [6, 6.07) is 0. The van der Waals surface area contributed by atoms with Crippen molar-refractivity contribution in [2.75, 3.05) is 0 Å². The van der Waals surface area contributed by atoms with E-state index in [1.165, 1.54) is 13.8 Å².